The second-order valence-electron chi connectivity index (χ2n) is 7.53. The van der Waals surface area contributed by atoms with E-state index in [4.69, 9.17) is 0 Å². The molecule has 1 aliphatic carbocycles. The molecule has 6 nitrogen and oxygen atoms in total. The Morgan fingerprint density at radius 3 is 2.88 bits per heavy atom. The lowest BCUT2D eigenvalue weighted by Crippen LogP contribution is -2.49. The third-order valence-corrected chi connectivity index (χ3v) is 6.13. The van der Waals surface area contributed by atoms with Crippen molar-refractivity contribution in [2.24, 2.45) is 0 Å². The molecule has 0 radical (unpaired) electrons. The van der Waals surface area contributed by atoms with Gasteiger partial charge in [0.25, 0.3) is 5.91 Å². The third kappa shape index (κ3) is 2.50. The average Bonchev–Trinajstić information content (AvgIpc) is 3.15. The van der Waals surface area contributed by atoms with E-state index >= 15 is 0 Å². The van der Waals surface area contributed by atoms with Gasteiger partial charge in [0.05, 0.1) is 0 Å². The van der Waals surface area contributed by atoms with E-state index in [9.17, 15) is 14.4 Å². The highest BCUT2D eigenvalue weighted by Gasteiger charge is 2.55. The second-order valence-corrected chi connectivity index (χ2v) is 7.53. The molecule has 4 amide bonds. The maximum absolute atomic E-state index is 13.1. The molecule has 4 rings (SSSR count). The second kappa shape index (κ2) is 6.41. The van der Waals surface area contributed by atoms with Gasteiger partial charge in [0.15, 0.2) is 0 Å². The van der Waals surface area contributed by atoms with Crippen LogP contribution in [-0.4, -0.2) is 46.8 Å². The van der Waals surface area contributed by atoms with Crippen LogP contribution >= 0.6 is 0 Å². The summed E-state index contributed by atoms with van der Waals surface area (Å²) >= 11 is 0. The van der Waals surface area contributed by atoms with Crippen LogP contribution in [0.4, 0.5) is 4.79 Å². The smallest absolute Gasteiger partial charge is 0.325 e. The largest absolute Gasteiger partial charge is 0.338 e. The van der Waals surface area contributed by atoms with Crippen molar-refractivity contribution in [3.8, 4) is 0 Å². The number of hydrogen-bond donors (Lipinski definition) is 1. The maximum Gasteiger partial charge on any atom is 0.325 e. The molecule has 2 fully saturated rings. The number of hydrogen-bond acceptors (Lipinski definition) is 3. The van der Waals surface area contributed by atoms with E-state index in [2.05, 4.69) is 12.2 Å². The zero-order chi connectivity index (χ0) is 18.3. The lowest BCUT2D eigenvalue weighted by molar-refractivity contribution is -0.141. The number of carbonyl (C=O) groups is 3. The molecule has 1 N–H and O–H groups in total. The van der Waals surface area contributed by atoms with E-state index in [1.807, 2.05) is 29.2 Å². The first-order chi connectivity index (χ1) is 12.6. The Labute approximate surface area is 153 Å². The number of imide groups is 1. The normalized spacial score (nSPS) is 27.8. The summed E-state index contributed by atoms with van der Waals surface area (Å²) in [5.41, 5.74) is 0.981. The van der Waals surface area contributed by atoms with Gasteiger partial charge in [0, 0.05) is 12.6 Å². The van der Waals surface area contributed by atoms with Crippen LogP contribution in [0.2, 0.25) is 0 Å². The number of piperidine rings is 1. The van der Waals surface area contributed by atoms with Gasteiger partial charge in [-0.2, -0.15) is 0 Å². The molecule has 1 aromatic carbocycles. The number of likely N-dealkylation sites (tertiary alicyclic amines) is 1. The molecule has 0 bridgehead atoms. The van der Waals surface area contributed by atoms with Crippen LogP contribution in [-0.2, 0) is 21.5 Å². The first kappa shape index (κ1) is 17.1. The van der Waals surface area contributed by atoms with Gasteiger partial charge in [-0.05, 0) is 49.7 Å². The van der Waals surface area contributed by atoms with Crippen LogP contribution in [0.5, 0.6) is 0 Å². The lowest BCUT2D eigenvalue weighted by atomic mass is 9.92. The number of fused-ring (bicyclic) bond motifs is 2. The Kier molecular flexibility index (Phi) is 4.21. The van der Waals surface area contributed by atoms with Gasteiger partial charge in [-0.1, -0.05) is 31.2 Å². The van der Waals surface area contributed by atoms with Gasteiger partial charge in [-0.3, -0.25) is 14.5 Å². The fourth-order valence-electron chi connectivity index (χ4n) is 4.71. The van der Waals surface area contributed by atoms with Crippen LogP contribution in [0.15, 0.2) is 24.3 Å². The van der Waals surface area contributed by atoms with Gasteiger partial charge in [0.1, 0.15) is 12.1 Å². The quantitative estimate of drug-likeness (QED) is 0.845. The minimum Gasteiger partial charge on any atom is -0.338 e. The molecule has 3 aliphatic rings. The molecule has 0 aromatic heterocycles. The van der Waals surface area contributed by atoms with Crippen molar-refractivity contribution in [2.45, 2.75) is 57.0 Å². The van der Waals surface area contributed by atoms with E-state index < -0.39 is 11.6 Å². The number of carbonyl (C=O) groups excluding carboxylic acids is 3. The highest BCUT2D eigenvalue weighted by atomic mass is 16.2. The third-order valence-electron chi connectivity index (χ3n) is 6.13. The average molecular weight is 355 g/mol. The van der Waals surface area contributed by atoms with Crippen molar-refractivity contribution in [1.82, 2.24) is 15.1 Å². The van der Waals surface area contributed by atoms with Gasteiger partial charge in [-0.25, -0.2) is 4.79 Å². The Hall–Kier alpha value is -2.37. The standard InChI is InChI=1S/C20H25N3O3/c1-2-15-8-5-6-12-22(15)17(24)13-23-18(25)20(21-19(23)26)11-10-14-7-3-4-9-16(14)20/h3-4,7,9,15H,2,5-6,8,10-13H2,1H3,(H,21,26). The molecule has 138 valence electrons. The number of aryl methyl sites for hydroxylation is 1. The molecule has 2 atom stereocenters. The summed E-state index contributed by atoms with van der Waals surface area (Å²) in [6.45, 7) is 2.63. The highest BCUT2D eigenvalue weighted by molar-refractivity contribution is 6.09. The lowest BCUT2D eigenvalue weighted by Gasteiger charge is -2.36. The first-order valence-electron chi connectivity index (χ1n) is 9.59. The molecule has 26 heavy (non-hydrogen) atoms. The molecule has 1 aromatic rings. The maximum atomic E-state index is 13.1. The number of urea groups is 1. The molecule has 0 saturated carbocycles. The highest BCUT2D eigenvalue weighted by Crippen LogP contribution is 2.41. The van der Waals surface area contributed by atoms with Crippen molar-refractivity contribution in [3.63, 3.8) is 0 Å². The summed E-state index contributed by atoms with van der Waals surface area (Å²) in [6.07, 6.45) is 5.34. The molecule has 1 spiro atoms. The summed E-state index contributed by atoms with van der Waals surface area (Å²) < 4.78 is 0. The van der Waals surface area contributed by atoms with Crippen LogP contribution < -0.4 is 5.32 Å². The van der Waals surface area contributed by atoms with Crippen LogP contribution in [0.1, 0.15) is 50.2 Å². The van der Waals surface area contributed by atoms with E-state index in [-0.39, 0.29) is 24.4 Å². The summed E-state index contributed by atoms with van der Waals surface area (Å²) in [7, 11) is 0. The number of rotatable bonds is 3. The molecular formula is C20H25N3O3. The van der Waals surface area contributed by atoms with Crippen molar-refractivity contribution in [2.75, 3.05) is 13.1 Å². The fourth-order valence-corrected chi connectivity index (χ4v) is 4.71. The van der Waals surface area contributed by atoms with Crippen LogP contribution in [0, 0.1) is 0 Å². The van der Waals surface area contributed by atoms with Gasteiger partial charge in [-0.15, -0.1) is 0 Å². The predicted molar refractivity (Wildman–Crippen MR) is 96.3 cm³/mol. The topological polar surface area (TPSA) is 69.7 Å². The SMILES string of the molecule is CCC1CCCCN1C(=O)CN1C(=O)NC2(CCc3ccccc32)C1=O. The van der Waals surface area contributed by atoms with Crippen molar-refractivity contribution >= 4 is 17.8 Å². The van der Waals surface area contributed by atoms with E-state index in [1.54, 1.807) is 0 Å². The number of amides is 4. The van der Waals surface area contributed by atoms with Gasteiger partial charge >= 0.3 is 6.03 Å². The molecule has 2 aliphatic heterocycles. The molecule has 2 heterocycles. The van der Waals surface area contributed by atoms with E-state index in [0.717, 1.165) is 54.7 Å². The zero-order valence-electron chi connectivity index (χ0n) is 15.2. The Morgan fingerprint density at radius 1 is 1.27 bits per heavy atom. The molecule has 6 heteroatoms. The van der Waals surface area contributed by atoms with Crippen LogP contribution in [0.25, 0.3) is 0 Å². The molecule has 2 saturated heterocycles. The minimum atomic E-state index is -0.986. The predicted octanol–water partition coefficient (Wildman–Crippen LogP) is 2.17. The first-order valence-corrected chi connectivity index (χ1v) is 9.59. The van der Waals surface area contributed by atoms with Crippen LogP contribution in [0.3, 0.4) is 0 Å². The number of nitrogens with zero attached hydrogens (tertiary/aromatic N) is 2. The van der Waals surface area contributed by atoms with Gasteiger partial charge in [0.2, 0.25) is 5.91 Å². The summed E-state index contributed by atoms with van der Waals surface area (Å²) in [4.78, 5) is 41.5. The Balaban J connectivity index is 1.55. The monoisotopic (exact) mass is 355 g/mol. The summed E-state index contributed by atoms with van der Waals surface area (Å²) in [5.74, 6) is -0.408. The number of nitrogens with one attached hydrogen (secondary N) is 1. The van der Waals surface area contributed by atoms with Crippen molar-refractivity contribution in [1.29, 1.82) is 0 Å². The van der Waals surface area contributed by atoms with Gasteiger partial charge < -0.3 is 10.2 Å². The Bertz CT molecular complexity index is 762. The summed E-state index contributed by atoms with van der Waals surface area (Å²) in [6, 6.07) is 7.50. The van der Waals surface area contributed by atoms with Crippen molar-refractivity contribution in [3.05, 3.63) is 35.4 Å². The van der Waals surface area contributed by atoms with Crippen molar-refractivity contribution < 1.29 is 14.4 Å². The fraction of sp³-hybridized carbons (Fsp3) is 0.550. The zero-order valence-corrected chi connectivity index (χ0v) is 15.2. The molecule has 2 unspecified atom stereocenters. The summed E-state index contributed by atoms with van der Waals surface area (Å²) in [5, 5.41) is 2.89. The van der Waals surface area contributed by atoms with E-state index in [1.165, 1.54) is 0 Å². The Morgan fingerprint density at radius 2 is 2.08 bits per heavy atom. The van der Waals surface area contributed by atoms with E-state index in [0.29, 0.717) is 6.42 Å². The minimum absolute atomic E-state index is 0.122. The number of benzene rings is 1. The molecular weight excluding hydrogens is 330 g/mol.